The van der Waals surface area contributed by atoms with Gasteiger partial charge >= 0.3 is 5.97 Å². The minimum atomic E-state index is -0.428. The summed E-state index contributed by atoms with van der Waals surface area (Å²) in [4.78, 5) is 21.0. The summed E-state index contributed by atoms with van der Waals surface area (Å²) in [6, 6.07) is 6.87. The first-order valence-corrected chi connectivity index (χ1v) is 6.87. The molecule has 0 unspecified atom stereocenters. The Bertz CT molecular complexity index is 855. The third kappa shape index (κ3) is 2.81. The number of nitrogens with zero attached hydrogens (tertiary/aromatic N) is 3. The van der Waals surface area contributed by atoms with Gasteiger partial charge < -0.3 is 9.26 Å². The molecule has 0 aliphatic heterocycles. The van der Waals surface area contributed by atoms with E-state index in [1.54, 1.807) is 31.2 Å². The maximum Gasteiger partial charge on any atom is 0.338 e. The predicted molar refractivity (Wildman–Crippen MR) is 79.4 cm³/mol. The summed E-state index contributed by atoms with van der Waals surface area (Å²) in [6.45, 7) is 5.65. The van der Waals surface area contributed by atoms with Gasteiger partial charge in [0.05, 0.1) is 28.0 Å². The van der Waals surface area contributed by atoms with Gasteiger partial charge in [0.2, 0.25) is 0 Å². The van der Waals surface area contributed by atoms with Gasteiger partial charge in [-0.05, 0) is 39.0 Å². The van der Waals surface area contributed by atoms with Crippen LogP contribution in [-0.2, 0) is 11.3 Å². The Morgan fingerprint density at radius 1 is 1.09 bits per heavy atom. The first-order chi connectivity index (χ1) is 10.5. The van der Waals surface area contributed by atoms with E-state index in [0.717, 1.165) is 16.9 Å². The normalized spacial score (nSPS) is 10.9. The number of rotatable bonds is 3. The zero-order chi connectivity index (χ0) is 15.7. The molecule has 0 aliphatic rings. The lowest BCUT2D eigenvalue weighted by Gasteiger charge is -2.05. The van der Waals surface area contributed by atoms with Gasteiger partial charge in [0.25, 0.3) is 0 Å². The Labute approximate surface area is 127 Å². The highest BCUT2D eigenvalue weighted by molar-refractivity contribution is 5.93. The van der Waals surface area contributed by atoms with Crippen molar-refractivity contribution in [2.75, 3.05) is 0 Å². The number of benzene rings is 1. The molecule has 2 heterocycles. The molecule has 0 bridgehead atoms. The van der Waals surface area contributed by atoms with Crippen LogP contribution in [0.5, 0.6) is 0 Å². The molecule has 0 aliphatic carbocycles. The second kappa shape index (κ2) is 5.55. The number of hydrogen-bond donors (Lipinski definition) is 0. The van der Waals surface area contributed by atoms with Gasteiger partial charge in [-0.15, -0.1) is 0 Å². The molecule has 0 atom stereocenters. The number of fused-ring (bicyclic) bond motifs is 1. The first kappa shape index (κ1) is 14.2. The van der Waals surface area contributed by atoms with Gasteiger partial charge in [0.1, 0.15) is 18.1 Å². The van der Waals surface area contributed by atoms with Crippen molar-refractivity contribution in [1.29, 1.82) is 0 Å². The fraction of sp³-hybridized carbons (Fsp3) is 0.250. The van der Waals surface area contributed by atoms with Crippen molar-refractivity contribution in [2.45, 2.75) is 27.4 Å². The largest absolute Gasteiger partial charge is 0.455 e. The van der Waals surface area contributed by atoms with Crippen LogP contribution >= 0.6 is 0 Å². The van der Waals surface area contributed by atoms with Crippen LogP contribution < -0.4 is 0 Å². The highest BCUT2D eigenvalue weighted by Gasteiger charge is 2.11. The number of esters is 1. The lowest BCUT2D eigenvalue weighted by molar-refractivity contribution is 0.0464. The van der Waals surface area contributed by atoms with E-state index in [9.17, 15) is 4.79 Å². The summed E-state index contributed by atoms with van der Waals surface area (Å²) in [5, 5.41) is 3.78. The smallest absolute Gasteiger partial charge is 0.338 e. The molecule has 2 aromatic heterocycles. The molecule has 6 nitrogen and oxygen atoms in total. The summed E-state index contributed by atoms with van der Waals surface area (Å²) in [5.74, 6) is 0.250. The van der Waals surface area contributed by atoms with Crippen LogP contribution in [0.15, 0.2) is 28.8 Å². The minimum absolute atomic E-state index is 0.0762. The van der Waals surface area contributed by atoms with Crippen molar-refractivity contribution < 1.29 is 14.1 Å². The fourth-order valence-corrected chi connectivity index (χ4v) is 2.07. The highest BCUT2D eigenvalue weighted by atomic mass is 16.5. The molecule has 0 amide bonds. The van der Waals surface area contributed by atoms with Gasteiger partial charge in [-0.1, -0.05) is 5.16 Å². The Morgan fingerprint density at radius 2 is 1.82 bits per heavy atom. The second-order valence-corrected chi connectivity index (χ2v) is 5.10. The van der Waals surface area contributed by atoms with Crippen LogP contribution in [0, 0.1) is 20.8 Å². The van der Waals surface area contributed by atoms with E-state index in [4.69, 9.17) is 9.26 Å². The molecule has 0 spiro atoms. The number of aryl methyl sites for hydroxylation is 3. The van der Waals surface area contributed by atoms with E-state index in [1.165, 1.54) is 0 Å². The Morgan fingerprint density at radius 3 is 2.50 bits per heavy atom. The molecule has 22 heavy (non-hydrogen) atoms. The highest BCUT2D eigenvalue weighted by Crippen LogP contribution is 2.15. The molecule has 0 radical (unpaired) electrons. The topological polar surface area (TPSA) is 78.1 Å². The number of carbonyl (C=O) groups excluding carboxylic acids is 1. The minimum Gasteiger partial charge on any atom is -0.455 e. The standard InChI is InChI=1S/C16H15N3O3/c1-9-6-13(19-22-9)8-21-16(20)12-4-5-14-15(7-12)18-11(3)10(2)17-14/h4-7H,8H2,1-3H3. The average Bonchev–Trinajstić information content (AvgIpc) is 2.91. The van der Waals surface area contributed by atoms with Gasteiger partial charge in [-0.25, -0.2) is 14.8 Å². The zero-order valence-corrected chi connectivity index (χ0v) is 12.6. The van der Waals surface area contributed by atoms with Crippen molar-refractivity contribution in [2.24, 2.45) is 0 Å². The van der Waals surface area contributed by atoms with E-state index >= 15 is 0 Å². The Hall–Kier alpha value is -2.76. The molecule has 0 N–H and O–H groups in total. The zero-order valence-electron chi connectivity index (χ0n) is 12.6. The summed E-state index contributed by atoms with van der Waals surface area (Å²) in [7, 11) is 0. The summed E-state index contributed by atoms with van der Waals surface area (Å²) < 4.78 is 10.1. The molecular weight excluding hydrogens is 282 g/mol. The molecule has 0 saturated heterocycles. The first-order valence-electron chi connectivity index (χ1n) is 6.87. The summed E-state index contributed by atoms with van der Waals surface area (Å²) in [5.41, 5.74) is 4.17. The van der Waals surface area contributed by atoms with E-state index in [-0.39, 0.29) is 6.61 Å². The van der Waals surface area contributed by atoms with Crippen LogP contribution in [0.25, 0.3) is 11.0 Å². The lowest BCUT2D eigenvalue weighted by atomic mass is 10.2. The van der Waals surface area contributed by atoms with E-state index in [1.807, 2.05) is 13.8 Å². The molecule has 3 aromatic rings. The maximum atomic E-state index is 12.1. The van der Waals surface area contributed by atoms with E-state index < -0.39 is 5.97 Å². The predicted octanol–water partition coefficient (Wildman–Crippen LogP) is 2.90. The molecule has 3 rings (SSSR count). The lowest BCUT2D eigenvalue weighted by Crippen LogP contribution is -2.06. The molecule has 0 saturated carbocycles. The van der Waals surface area contributed by atoms with Crippen LogP contribution in [0.2, 0.25) is 0 Å². The SMILES string of the molecule is Cc1cc(COC(=O)c2ccc3nc(C)c(C)nc3c2)no1. The number of hydrogen-bond acceptors (Lipinski definition) is 6. The molecule has 6 heteroatoms. The number of carbonyl (C=O) groups is 1. The van der Waals surface area contributed by atoms with Gasteiger partial charge in [-0.3, -0.25) is 0 Å². The van der Waals surface area contributed by atoms with Crippen LogP contribution in [0.3, 0.4) is 0 Å². The average molecular weight is 297 g/mol. The second-order valence-electron chi connectivity index (χ2n) is 5.10. The van der Waals surface area contributed by atoms with E-state index in [0.29, 0.717) is 22.5 Å². The van der Waals surface area contributed by atoms with Crippen LogP contribution in [0.1, 0.15) is 33.2 Å². The van der Waals surface area contributed by atoms with E-state index in [2.05, 4.69) is 15.1 Å². The quantitative estimate of drug-likeness (QED) is 0.692. The van der Waals surface area contributed by atoms with Gasteiger partial charge in [0, 0.05) is 6.07 Å². The Balaban J connectivity index is 1.80. The van der Waals surface area contributed by atoms with Gasteiger partial charge in [0.15, 0.2) is 0 Å². The molecule has 1 aromatic carbocycles. The summed E-state index contributed by atoms with van der Waals surface area (Å²) in [6.07, 6.45) is 0. The molecular formula is C16H15N3O3. The summed E-state index contributed by atoms with van der Waals surface area (Å²) >= 11 is 0. The monoisotopic (exact) mass is 297 g/mol. The van der Waals surface area contributed by atoms with Crippen LogP contribution in [0.4, 0.5) is 0 Å². The van der Waals surface area contributed by atoms with Crippen molar-refractivity contribution in [3.63, 3.8) is 0 Å². The van der Waals surface area contributed by atoms with Crippen molar-refractivity contribution in [3.05, 3.63) is 52.7 Å². The van der Waals surface area contributed by atoms with Crippen molar-refractivity contribution in [3.8, 4) is 0 Å². The van der Waals surface area contributed by atoms with Crippen molar-refractivity contribution in [1.82, 2.24) is 15.1 Å². The van der Waals surface area contributed by atoms with Crippen molar-refractivity contribution >= 4 is 17.0 Å². The maximum absolute atomic E-state index is 12.1. The Kier molecular flexibility index (Phi) is 3.58. The third-order valence-corrected chi connectivity index (χ3v) is 3.34. The number of ether oxygens (including phenoxy) is 1. The fourth-order valence-electron chi connectivity index (χ4n) is 2.07. The molecule has 0 fully saturated rings. The molecule has 112 valence electrons. The van der Waals surface area contributed by atoms with Gasteiger partial charge in [-0.2, -0.15) is 0 Å². The number of aromatic nitrogens is 3. The third-order valence-electron chi connectivity index (χ3n) is 3.34. The van der Waals surface area contributed by atoms with Crippen LogP contribution in [-0.4, -0.2) is 21.1 Å².